The van der Waals surface area contributed by atoms with Crippen LogP contribution in [0.4, 0.5) is 0 Å². The van der Waals surface area contributed by atoms with Crippen LogP contribution in [0.5, 0.6) is 5.75 Å². The number of hydrogen-bond acceptors (Lipinski definition) is 4. The van der Waals surface area contributed by atoms with E-state index < -0.39 is 0 Å². The van der Waals surface area contributed by atoms with Gasteiger partial charge in [-0.25, -0.2) is 4.98 Å². The number of benzene rings is 1. The molecule has 1 unspecified atom stereocenters. The van der Waals surface area contributed by atoms with Crippen molar-refractivity contribution in [2.24, 2.45) is 0 Å². The second-order valence-corrected chi connectivity index (χ2v) is 5.77. The summed E-state index contributed by atoms with van der Waals surface area (Å²) in [5.41, 5.74) is 2.62. The van der Waals surface area contributed by atoms with Crippen molar-refractivity contribution in [3.8, 4) is 5.75 Å². The molecule has 0 saturated heterocycles. The number of carbonyl (C=O) groups is 1. The van der Waals surface area contributed by atoms with Crippen molar-refractivity contribution in [2.45, 2.75) is 32.8 Å². The van der Waals surface area contributed by atoms with Crippen LogP contribution in [-0.4, -0.2) is 18.1 Å². The lowest BCUT2D eigenvalue weighted by atomic mass is 9.97. The molecule has 0 saturated carbocycles. The van der Waals surface area contributed by atoms with Gasteiger partial charge in [0, 0.05) is 11.3 Å². The van der Waals surface area contributed by atoms with Crippen LogP contribution in [0, 0.1) is 6.92 Å². The van der Waals surface area contributed by atoms with E-state index in [9.17, 15) is 4.79 Å². The van der Waals surface area contributed by atoms with Gasteiger partial charge in [0.2, 0.25) is 0 Å². The standard InChI is InChI=1S/C18H20ClNO3/c1-12(15-6-4-5-7-16(15)22-3)10-18(21)23-11-14-8-9-17(19)20-13(14)2/h4-9,12H,10-11H2,1-3H3. The first kappa shape index (κ1) is 17.3. The normalized spacial score (nSPS) is 11.8. The number of rotatable bonds is 6. The topological polar surface area (TPSA) is 48.4 Å². The molecule has 0 bridgehead atoms. The first-order valence-corrected chi connectivity index (χ1v) is 7.79. The minimum Gasteiger partial charge on any atom is -0.496 e. The van der Waals surface area contributed by atoms with Crippen LogP contribution in [0.3, 0.4) is 0 Å². The predicted molar refractivity (Wildman–Crippen MR) is 89.8 cm³/mol. The fraction of sp³-hybridized carbons (Fsp3) is 0.333. The van der Waals surface area contributed by atoms with Crippen molar-refractivity contribution >= 4 is 17.6 Å². The minimum atomic E-state index is -0.252. The van der Waals surface area contributed by atoms with Crippen molar-refractivity contribution in [3.05, 3.63) is 58.4 Å². The summed E-state index contributed by atoms with van der Waals surface area (Å²) >= 11 is 5.81. The Balaban J connectivity index is 1.94. The molecule has 0 N–H and O–H groups in total. The molecule has 4 nitrogen and oxygen atoms in total. The van der Waals surface area contributed by atoms with Crippen molar-refractivity contribution in [1.29, 1.82) is 0 Å². The molecule has 0 spiro atoms. The van der Waals surface area contributed by atoms with Crippen LogP contribution in [0.25, 0.3) is 0 Å². The molecule has 2 rings (SSSR count). The number of ether oxygens (including phenoxy) is 2. The van der Waals surface area contributed by atoms with Gasteiger partial charge in [0.25, 0.3) is 0 Å². The molecule has 1 atom stereocenters. The Kier molecular flexibility index (Phi) is 5.99. The molecule has 0 amide bonds. The van der Waals surface area contributed by atoms with Crippen LogP contribution in [0.15, 0.2) is 36.4 Å². The van der Waals surface area contributed by atoms with Gasteiger partial charge in [-0.3, -0.25) is 4.79 Å². The number of halogens is 1. The molecule has 2 aromatic rings. The van der Waals surface area contributed by atoms with E-state index in [1.165, 1.54) is 0 Å². The van der Waals surface area contributed by atoms with E-state index in [2.05, 4.69) is 4.98 Å². The average molecular weight is 334 g/mol. The lowest BCUT2D eigenvalue weighted by molar-refractivity contribution is -0.145. The van der Waals surface area contributed by atoms with Gasteiger partial charge >= 0.3 is 5.97 Å². The van der Waals surface area contributed by atoms with E-state index >= 15 is 0 Å². The fourth-order valence-corrected chi connectivity index (χ4v) is 2.55. The molecule has 0 aliphatic rings. The molecule has 1 heterocycles. The Hall–Kier alpha value is -2.07. The number of pyridine rings is 1. The number of aromatic nitrogens is 1. The van der Waals surface area contributed by atoms with E-state index in [0.717, 1.165) is 22.6 Å². The molecular weight excluding hydrogens is 314 g/mol. The lowest BCUT2D eigenvalue weighted by Gasteiger charge is -2.15. The zero-order chi connectivity index (χ0) is 16.8. The summed E-state index contributed by atoms with van der Waals surface area (Å²) in [7, 11) is 1.63. The number of esters is 1. The second-order valence-electron chi connectivity index (χ2n) is 5.39. The Labute approximate surface area is 141 Å². The van der Waals surface area contributed by atoms with Gasteiger partial charge in [-0.05, 0) is 30.5 Å². The molecule has 23 heavy (non-hydrogen) atoms. The molecule has 0 aliphatic carbocycles. The Morgan fingerprint density at radius 2 is 2.00 bits per heavy atom. The van der Waals surface area contributed by atoms with Gasteiger partial charge in [-0.2, -0.15) is 0 Å². The summed E-state index contributed by atoms with van der Waals surface area (Å²) in [5, 5.41) is 0.433. The number of methoxy groups -OCH3 is 1. The monoisotopic (exact) mass is 333 g/mol. The SMILES string of the molecule is COc1ccccc1C(C)CC(=O)OCc1ccc(Cl)nc1C. The summed E-state index contributed by atoms with van der Waals surface area (Å²) in [6.45, 7) is 4.02. The van der Waals surface area contributed by atoms with Gasteiger partial charge in [0.1, 0.15) is 17.5 Å². The van der Waals surface area contributed by atoms with Crippen molar-refractivity contribution in [2.75, 3.05) is 7.11 Å². The quantitative estimate of drug-likeness (QED) is 0.584. The van der Waals surface area contributed by atoms with Crippen molar-refractivity contribution in [1.82, 2.24) is 4.98 Å². The van der Waals surface area contributed by atoms with Crippen LogP contribution >= 0.6 is 11.6 Å². The molecule has 122 valence electrons. The maximum Gasteiger partial charge on any atom is 0.306 e. The lowest BCUT2D eigenvalue weighted by Crippen LogP contribution is -2.10. The number of hydrogen-bond donors (Lipinski definition) is 0. The Morgan fingerprint density at radius 1 is 1.26 bits per heavy atom. The van der Waals surface area contributed by atoms with E-state index in [1.54, 1.807) is 13.2 Å². The Bertz CT molecular complexity index is 688. The number of carbonyl (C=O) groups excluding carboxylic acids is 1. The highest BCUT2D eigenvalue weighted by Crippen LogP contribution is 2.28. The highest BCUT2D eigenvalue weighted by atomic mass is 35.5. The maximum atomic E-state index is 12.1. The largest absolute Gasteiger partial charge is 0.496 e. The zero-order valence-electron chi connectivity index (χ0n) is 13.5. The molecule has 1 aromatic carbocycles. The summed E-state index contributed by atoms with van der Waals surface area (Å²) in [5.74, 6) is 0.548. The third-order valence-corrected chi connectivity index (χ3v) is 3.90. The Morgan fingerprint density at radius 3 is 2.70 bits per heavy atom. The van der Waals surface area contributed by atoms with Crippen molar-refractivity contribution in [3.63, 3.8) is 0 Å². The first-order valence-electron chi connectivity index (χ1n) is 7.41. The van der Waals surface area contributed by atoms with E-state index in [4.69, 9.17) is 21.1 Å². The molecule has 5 heteroatoms. The maximum absolute atomic E-state index is 12.1. The van der Waals surface area contributed by atoms with Crippen LogP contribution in [0.1, 0.15) is 36.1 Å². The first-order chi connectivity index (χ1) is 11.0. The highest BCUT2D eigenvalue weighted by Gasteiger charge is 2.16. The van der Waals surface area contributed by atoms with Crippen LogP contribution in [-0.2, 0) is 16.1 Å². The number of para-hydroxylation sites is 1. The summed E-state index contributed by atoms with van der Waals surface area (Å²) in [6, 6.07) is 11.2. The second kappa shape index (κ2) is 7.97. The van der Waals surface area contributed by atoms with Gasteiger partial charge < -0.3 is 9.47 Å². The third kappa shape index (κ3) is 4.70. The number of nitrogens with zero attached hydrogens (tertiary/aromatic N) is 1. The predicted octanol–water partition coefficient (Wildman–Crippen LogP) is 4.29. The highest BCUT2D eigenvalue weighted by molar-refractivity contribution is 6.29. The van der Waals surface area contributed by atoms with Crippen LogP contribution in [0.2, 0.25) is 5.15 Å². The van der Waals surface area contributed by atoms with Gasteiger partial charge in [-0.15, -0.1) is 0 Å². The molecular formula is C18H20ClNO3. The van der Waals surface area contributed by atoms with Crippen LogP contribution < -0.4 is 4.74 Å². The third-order valence-electron chi connectivity index (χ3n) is 3.69. The summed E-state index contributed by atoms with van der Waals surface area (Å²) < 4.78 is 10.7. The molecule has 0 radical (unpaired) electrons. The molecule has 1 aromatic heterocycles. The van der Waals surface area contributed by atoms with E-state index in [-0.39, 0.29) is 18.5 Å². The minimum absolute atomic E-state index is 0.0167. The van der Waals surface area contributed by atoms with Gasteiger partial charge in [0.15, 0.2) is 0 Å². The van der Waals surface area contributed by atoms with Gasteiger partial charge in [0.05, 0.1) is 13.5 Å². The van der Waals surface area contributed by atoms with E-state index in [1.807, 2.05) is 44.2 Å². The number of aryl methyl sites for hydroxylation is 1. The van der Waals surface area contributed by atoms with Crippen molar-refractivity contribution < 1.29 is 14.3 Å². The molecule has 0 aliphatic heterocycles. The molecule has 0 fully saturated rings. The zero-order valence-corrected chi connectivity index (χ0v) is 14.3. The smallest absolute Gasteiger partial charge is 0.306 e. The van der Waals surface area contributed by atoms with Gasteiger partial charge in [-0.1, -0.05) is 42.8 Å². The van der Waals surface area contributed by atoms with E-state index in [0.29, 0.717) is 11.6 Å². The average Bonchev–Trinajstić information content (AvgIpc) is 2.54. The summed E-state index contributed by atoms with van der Waals surface area (Å²) in [6.07, 6.45) is 0.292. The fourth-order valence-electron chi connectivity index (χ4n) is 2.36. The summed E-state index contributed by atoms with van der Waals surface area (Å²) in [4.78, 5) is 16.2.